The molecule has 0 radical (unpaired) electrons. The van der Waals surface area contributed by atoms with Crippen molar-refractivity contribution >= 4 is 35.0 Å². The first-order valence-corrected chi connectivity index (χ1v) is 9.46. The van der Waals surface area contributed by atoms with E-state index in [1.807, 2.05) is 32.0 Å². The first-order chi connectivity index (χ1) is 13.4. The number of rotatable bonds is 6. The van der Waals surface area contributed by atoms with Crippen LogP contribution in [0.2, 0.25) is 0 Å². The summed E-state index contributed by atoms with van der Waals surface area (Å²) in [7, 11) is 0. The summed E-state index contributed by atoms with van der Waals surface area (Å²) in [6.07, 6.45) is 1.44. The number of carboxylic acids is 1. The Balaban J connectivity index is 1.70. The van der Waals surface area contributed by atoms with Crippen molar-refractivity contribution in [3.8, 4) is 5.75 Å². The van der Waals surface area contributed by atoms with Crippen LogP contribution in [0, 0.1) is 13.8 Å². The smallest absolute Gasteiger partial charge is 0.336 e. The van der Waals surface area contributed by atoms with E-state index in [9.17, 15) is 19.5 Å². The van der Waals surface area contributed by atoms with E-state index < -0.39 is 17.1 Å². The number of aromatic carboxylic acids is 1. The van der Waals surface area contributed by atoms with Crippen LogP contribution < -0.4 is 4.74 Å². The van der Waals surface area contributed by atoms with E-state index in [1.54, 1.807) is 18.2 Å². The molecule has 0 atom stereocenters. The van der Waals surface area contributed by atoms with Gasteiger partial charge >= 0.3 is 5.97 Å². The van der Waals surface area contributed by atoms with Crippen LogP contribution in [0.3, 0.4) is 0 Å². The predicted molar refractivity (Wildman–Crippen MR) is 107 cm³/mol. The van der Waals surface area contributed by atoms with Crippen LogP contribution in [-0.4, -0.2) is 40.3 Å². The molecule has 1 aliphatic heterocycles. The van der Waals surface area contributed by atoms with Crippen LogP contribution in [0.4, 0.5) is 4.79 Å². The SMILES string of the molecule is Cc1ccc(C)c(OCCN2C(=O)S/C(=C\c3ccccc3C(=O)O)C2=O)c1. The zero-order valence-electron chi connectivity index (χ0n) is 15.5. The highest BCUT2D eigenvalue weighted by molar-refractivity contribution is 8.18. The third kappa shape index (κ3) is 4.26. The highest BCUT2D eigenvalue weighted by atomic mass is 32.2. The van der Waals surface area contributed by atoms with E-state index in [0.717, 1.165) is 33.5 Å². The van der Waals surface area contributed by atoms with Crippen LogP contribution in [-0.2, 0) is 4.79 Å². The Morgan fingerprint density at radius 2 is 1.93 bits per heavy atom. The summed E-state index contributed by atoms with van der Waals surface area (Å²) in [4.78, 5) is 37.4. The van der Waals surface area contributed by atoms with Crippen molar-refractivity contribution in [1.29, 1.82) is 0 Å². The van der Waals surface area contributed by atoms with Crippen molar-refractivity contribution in [3.63, 3.8) is 0 Å². The van der Waals surface area contributed by atoms with Crippen molar-refractivity contribution in [1.82, 2.24) is 4.90 Å². The minimum Gasteiger partial charge on any atom is -0.491 e. The summed E-state index contributed by atoms with van der Waals surface area (Å²) in [6, 6.07) is 12.2. The van der Waals surface area contributed by atoms with Gasteiger partial charge in [-0.3, -0.25) is 14.5 Å². The molecule has 1 aliphatic rings. The zero-order chi connectivity index (χ0) is 20.3. The fraction of sp³-hybridized carbons (Fsp3) is 0.190. The number of hydrogen-bond donors (Lipinski definition) is 1. The Kier molecular flexibility index (Phi) is 5.84. The van der Waals surface area contributed by atoms with Gasteiger partial charge in [-0.1, -0.05) is 30.3 Å². The van der Waals surface area contributed by atoms with Crippen molar-refractivity contribution in [3.05, 3.63) is 69.6 Å². The van der Waals surface area contributed by atoms with E-state index in [4.69, 9.17) is 4.74 Å². The molecule has 1 N–H and O–H groups in total. The van der Waals surface area contributed by atoms with Crippen molar-refractivity contribution in [2.75, 3.05) is 13.2 Å². The number of aryl methyl sites for hydroxylation is 2. The molecule has 0 aliphatic carbocycles. The minimum atomic E-state index is -1.09. The van der Waals surface area contributed by atoms with E-state index in [2.05, 4.69) is 0 Å². The molecule has 1 heterocycles. The number of thioether (sulfide) groups is 1. The molecule has 2 amide bonds. The van der Waals surface area contributed by atoms with Gasteiger partial charge in [0.25, 0.3) is 11.1 Å². The maximum atomic E-state index is 12.6. The van der Waals surface area contributed by atoms with Gasteiger partial charge in [0.2, 0.25) is 0 Å². The van der Waals surface area contributed by atoms with Gasteiger partial charge in [0.15, 0.2) is 0 Å². The van der Waals surface area contributed by atoms with Gasteiger partial charge in [0.05, 0.1) is 17.0 Å². The van der Waals surface area contributed by atoms with Crippen LogP contribution in [0.25, 0.3) is 6.08 Å². The maximum absolute atomic E-state index is 12.6. The number of benzene rings is 2. The summed E-state index contributed by atoms with van der Waals surface area (Å²) in [5, 5.41) is 8.87. The van der Waals surface area contributed by atoms with Crippen LogP contribution in [0.15, 0.2) is 47.4 Å². The molecular formula is C21H19NO5S. The first kappa shape index (κ1) is 19.7. The van der Waals surface area contributed by atoms with Gasteiger partial charge < -0.3 is 9.84 Å². The molecule has 1 fully saturated rings. The fourth-order valence-electron chi connectivity index (χ4n) is 2.76. The standard InChI is InChI=1S/C21H19NO5S/c1-13-7-8-14(2)17(11-13)27-10-9-22-19(23)18(28-21(22)26)12-15-5-3-4-6-16(15)20(24)25/h3-8,11-12H,9-10H2,1-2H3,(H,24,25)/b18-12-. The molecule has 2 aromatic rings. The number of hydrogen-bond acceptors (Lipinski definition) is 5. The average Bonchev–Trinajstić information content (AvgIpc) is 2.92. The van der Waals surface area contributed by atoms with Gasteiger partial charge in [0, 0.05) is 0 Å². The average molecular weight is 397 g/mol. The summed E-state index contributed by atoms with van der Waals surface area (Å²) in [5.41, 5.74) is 2.50. The van der Waals surface area contributed by atoms with Crippen molar-refractivity contribution in [2.45, 2.75) is 13.8 Å². The Bertz CT molecular complexity index is 983. The predicted octanol–water partition coefficient (Wildman–Crippen LogP) is 4.12. The summed E-state index contributed by atoms with van der Waals surface area (Å²) in [5.74, 6) is -0.814. The molecule has 0 unspecified atom stereocenters. The second-order valence-corrected chi connectivity index (χ2v) is 7.34. The molecule has 6 nitrogen and oxygen atoms in total. The lowest BCUT2D eigenvalue weighted by atomic mass is 10.1. The van der Waals surface area contributed by atoms with Crippen LogP contribution >= 0.6 is 11.8 Å². The highest BCUT2D eigenvalue weighted by Gasteiger charge is 2.35. The second-order valence-electron chi connectivity index (χ2n) is 6.34. The lowest BCUT2D eigenvalue weighted by molar-refractivity contribution is -0.123. The third-order valence-corrected chi connectivity index (χ3v) is 5.17. The number of carbonyl (C=O) groups excluding carboxylic acids is 2. The topological polar surface area (TPSA) is 83.9 Å². The normalized spacial score (nSPS) is 15.4. The molecule has 3 rings (SSSR count). The van der Waals surface area contributed by atoms with E-state index in [1.165, 1.54) is 12.1 Å². The van der Waals surface area contributed by atoms with Crippen molar-refractivity contribution < 1.29 is 24.2 Å². The molecule has 0 bridgehead atoms. The van der Waals surface area contributed by atoms with Gasteiger partial charge in [-0.05, 0) is 60.5 Å². The summed E-state index contributed by atoms with van der Waals surface area (Å²) >= 11 is 0.799. The lowest BCUT2D eigenvalue weighted by Gasteiger charge is -2.14. The Labute approximate surface area is 166 Å². The fourth-order valence-corrected chi connectivity index (χ4v) is 3.62. The molecule has 0 saturated carbocycles. The Morgan fingerprint density at radius 3 is 2.68 bits per heavy atom. The van der Waals surface area contributed by atoms with Gasteiger partial charge in [-0.2, -0.15) is 0 Å². The number of ether oxygens (including phenoxy) is 1. The number of imide groups is 1. The lowest BCUT2D eigenvalue weighted by Crippen LogP contribution is -2.32. The van der Waals surface area contributed by atoms with E-state index in [0.29, 0.717) is 5.56 Å². The number of carboxylic acid groups (broad SMARTS) is 1. The highest BCUT2D eigenvalue weighted by Crippen LogP contribution is 2.32. The molecule has 0 aromatic heterocycles. The van der Waals surface area contributed by atoms with Gasteiger partial charge in [0.1, 0.15) is 12.4 Å². The monoisotopic (exact) mass is 397 g/mol. The van der Waals surface area contributed by atoms with Gasteiger partial charge in [-0.25, -0.2) is 4.79 Å². The van der Waals surface area contributed by atoms with E-state index in [-0.39, 0.29) is 23.6 Å². The summed E-state index contributed by atoms with van der Waals surface area (Å²) < 4.78 is 5.73. The quantitative estimate of drug-likeness (QED) is 0.739. The van der Waals surface area contributed by atoms with Crippen LogP contribution in [0.1, 0.15) is 27.0 Å². The largest absolute Gasteiger partial charge is 0.491 e. The van der Waals surface area contributed by atoms with Crippen molar-refractivity contribution in [2.24, 2.45) is 0 Å². The second kappa shape index (κ2) is 8.31. The number of carbonyl (C=O) groups is 3. The Morgan fingerprint density at radius 1 is 1.18 bits per heavy atom. The number of amides is 2. The molecule has 28 heavy (non-hydrogen) atoms. The first-order valence-electron chi connectivity index (χ1n) is 8.64. The zero-order valence-corrected chi connectivity index (χ0v) is 16.3. The molecule has 0 spiro atoms. The molecule has 7 heteroatoms. The third-order valence-electron chi connectivity index (χ3n) is 4.27. The minimum absolute atomic E-state index is 0.0764. The van der Waals surface area contributed by atoms with E-state index >= 15 is 0 Å². The summed E-state index contributed by atoms with van der Waals surface area (Å²) in [6.45, 7) is 4.19. The van der Waals surface area contributed by atoms with Gasteiger partial charge in [-0.15, -0.1) is 0 Å². The van der Waals surface area contributed by atoms with Crippen LogP contribution in [0.5, 0.6) is 5.75 Å². The Hall–Kier alpha value is -3.06. The molecule has 1 saturated heterocycles. The number of nitrogens with zero attached hydrogens (tertiary/aromatic N) is 1. The molecule has 2 aromatic carbocycles. The molecular weight excluding hydrogens is 378 g/mol. The molecule has 144 valence electrons. The maximum Gasteiger partial charge on any atom is 0.336 e.